The highest BCUT2D eigenvalue weighted by Gasteiger charge is 2.54. The molecule has 10 nitrogen and oxygen atoms in total. The van der Waals surface area contributed by atoms with Crippen molar-refractivity contribution in [3.8, 4) is 5.75 Å². The Bertz CT molecular complexity index is 1310. The lowest BCUT2D eigenvalue weighted by molar-refractivity contribution is -0.150. The van der Waals surface area contributed by atoms with Crippen molar-refractivity contribution in [2.45, 2.75) is 70.6 Å². The molecule has 3 atom stereocenters. The van der Waals surface area contributed by atoms with Gasteiger partial charge in [0.1, 0.15) is 28.9 Å². The summed E-state index contributed by atoms with van der Waals surface area (Å²) in [5.74, 6) is -0.743. The predicted molar refractivity (Wildman–Crippen MR) is 168 cm³/mol. The van der Waals surface area contributed by atoms with Crippen molar-refractivity contribution in [2.75, 3.05) is 12.9 Å². The number of amides is 2. The van der Waals surface area contributed by atoms with Gasteiger partial charge in [-0.05, 0) is 76.4 Å². The number of rotatable bonds is 11. The molecule has 1 aromatic rings. The van der Waals surface area contributed by atoms with E-state index in [1.165, 1.54) is 29.8 Å². The smallest absolute Gasteiger partial charge is 0.342 e. The summed E-state index contributed by atoms with van der Waals surface area (Å²) >= 11 is 1.47. The zero-order valence-corrected chi connectivity index (χ0v) is 28.5. The van der Waals surface area contributed by atoms with E-state index in [0.717, 1.165) is 0 Å². The van der Waals surface area contributed by atoms with Crippen molar-refractivity contribution in [1.29, 1.82) is 0 Å². The van der Waals surface area contributed by atoms with Crippen LogP contribution in [-0.4, -0.2) is 69.6 Å². The van der Waals surface area contributed by atoms with E-state index in [9.17, 15) is 19.2 Å². The Morgan fingerprint density at radius 2 is 1.71 bits per heavy atom. The van der Waals surface area contributed by atoms with E-state index in [1.54, 1.807) is 31.2 Å². The minimum Gasteiger partial charge on any atom is -0.544 e. The van der Waals surface area contributed by atoms with E-state index in [1.807, 2.05) is 38.7 Å². The molecule has 0 aromatic heterocycles. The quantitative estimate of drug-likeness (QED) is 0.160. The summed E-state index contributed by atoms with van der Waals surface area (Å²) in [6.45, 7) is 15.5. The highest BCUT2D eigenvalue weighted by atomic mass is 32.2. The molecule has 1 fully saturated rings. The number of carbonyl (C=O) groups is 4. The van der Waals surface area contributed by atoms with Gasteiger partial charge < -0.3 is 24.2 Å². The number of β-lactam (4-membered cyclic amide) rings is 1. The number of hydrogen-bond acceptors (Lipinski definition) is 9. The highest BCUT2D eigenvalue weighted by Crippen LogP contribution is 2.41. The fourth-order valence-electron chi connectivity index (χ4n) is 4.41. The lowest BCUT2D eigenvalue weighted by atomic mass is 10.0. The predicted octanol–water partition coefficient (Wildman–Crippen LogP) is 4.22. The van der Waals surface area contributed by atoms with Crippen LogP contribution in [0.15, 0.2) is 59.5 Å². The van der Waals surface area contributed by atoms with Gasteiger partial charge in [-0.3, -0.25) is 14.5 Å². The number of esters is 1. The third-order valence-electron chi connectivity index (χ3n) is 6.06. The molecule has 2 aliphatic heterocycles. The SMILES string of the molecule is C/C=C\C1=C(C(=O)O[Si](C)(C)C)N2C(=O)[C@@H](NC(=O)[C@H](N/C(C)=C/C(=O)OC)c3ccc(O[Si](C)(C)C)cc3)[C@H]2SC1. The van der Waals surface area contributed by atoms with E-state index in [-0.39, 0.29) is 11.6 Å². The fourth-order valence-corrected chi connectivity index (χ4v) is 7.23. The maximum Gasteiger partial charge on any atom is 0.342 e. The van der Waals surface area contributed by atoms with Crippen LogP contribution in [0.25, 0.3) is 0 Å². The van der Waals surface area contributed by atoms with E-state index in [2.05, 4.69) is 30.3 Å². The average Bonchev–Trinajstić information content (AvgIpc) is 2.88. The second-order valence-electron chi connectivity index (χ2n) is 12.0. The van der Waals surface area contributed by atoms with Crippen LogP contribution in [0.2, 0.25) is 39.3 Å². The van der Waals surface area contributed by atoms with Gasteiger partial charge in [0.25, 0.3) is 5.91 Å². The van der Waals surface area contributed by atoms with Crippen molar-refractivity contribution in [3.05, 3.63) is 65.0 Å². The minimum atomic E-state index is -2.23. The van der Waals surface area contributed by atoms with E-state index >= 15 is 0 Å². The fraction of sp³-hybridized carbons (Fsp3) is 0.448. The van der Waals surface area contributed by atoms with Crippen LogP contribution in [0.1, 0.15) is 25.5 Å². The molecular formula is C29H41N3O7SSi2. The molecule has 0 aliphatic carbocycles. The number of carbonyl (C=O) groups excluding carboxylic acids is 4. The molecule has 0 unspecified atom stereocenters. The number of ether oxygens (including phenoxy) is 1. The van der Waals surface area contributed by atoms with Gasteiger partial charge in [0, 0.05) is 17.5 Å². The molecule has 2 heterocycles. The molecule has 2 N–H and O–H groups in total. The summed E-state index contributed by atoms with van der Waals surface area (Å²) in [7, 11) is -2.79. The van der Waals surface area contributed by atoms with Crippen LogP contribution in [0.3, 0.4) is 0 Å². The van der Waals surface area contributed by atoms with Gasteiger partial charge in [0.15, 0.2) is 0 Å². The Labute approximate surface area is 254 Å². The van der Waals surface area contributed by atoms with Crippen molar-refractivity contribution in [3.63, 3.8) is 0 Å². The van der Waals surface area contributed by atoms with E-state index in [4.69, 9.17) is 13.6 Å². The second-order valence-corrected chi connectivity index (χ2v) is 21.9. The van der Waals surface area contributed by atoms with E-state index < -0.39 is 51.9 Å². The van der Waals surface area contributed by atoms with Crippen LogP contribution in [-0.2, 0) is 28.3 Å². The van der Waals surface area contributed by atoms with Gasteiger partial charge in [-0.15, -0.1) is 11.8 Å². The Balaban J connectivity index is 1.87. The van der Waals surface area contributed by atoms with E-state index in [0.29, 0.717) is 28.3 Å². The number of thioether (sulfide) groups is 1. The minimum absolute atomic E-state index is 0.235. The van der Waals surface area contributed by atoms with Crippen molar-refractivity contribution < 1.29 is 32.8 Å². The highest BCUT2D eigenvalue weighted by molar-refractivity contribution is 8.00. The summed E-state index contributed by atoms with van der Waals surface area (Å²) < 4.78 is 16.5. The maximum atomic E-state index is 13.7. The number of methoxy groups -OCH3 is 1. The Morgan fingerprint density at radius 3 is 2.26 bits per heavy atom. The number of nitrogens with zero attached hydrogens (tertiary/aromatic N) is 1. The molecule has 1 aromatic carbocycles. The van der Waals surface area contributed by atoms with Gasteiger partial charge in [-0.1, -0.05) is 24.3 Å². The van der Waals surface area contributed by atoms with Crippen LogP contribution in [0.5, 0.6) is 5.75 Å². The molecule has 0 spiro atoms. The molecule has 2 aliphatic rings. The third kappa shape index (κ3) is 8.38. The van der Waals surface area contributed by atoms with Crippen molar-refractivity contribution >= 4 is 52.1 Å². The van der Waals surface area contributed by atoms with Crippen LogP contribution in [0, 0.1) is 0 Å². The lowest BCUT2D eigenvalue weighted by Gasteiger charge is -2.50. The summed E-state index contributed by atoms with van der Waals surface area (Å²) in [6.07, 6.45) is 4.89. The zero-order valence-electron chi connectivity index (χ0n) is 25.7. The summed E-state index contributed by atoms with van der Waals surface area (Å²) in [4.78, 5) is 53.6. The van der Waals surface area contributed by atoms with Crippen molar-refractivity contribution in [1.82, 2.24) is 15.5 Å². The molecule has 1 saturated heterocycles. The number of hydrogen-bond donors (Lipinski definition) is 2. The van der Waals surface area contributed by atoms with Crippen molar-refractivity contribution in [2.24, 2.45) is 0 Å². The third-order valence-corrected chi connectivity index (χ3v) is 9.01. The van der Waals surface area contributed by atoms with Gasteiger partial charge >= 0.3 is 11.9 Å². The van der Waals surface area contributed by atoms with Crippen LogP contribution >= 0.6 is 11.8 Å². The van der Waals surface area contributed by atoms with Gasteiger partial charge in [-0.25, -0.2) is 9.59 Å². The molecule has 2 amide bonds. The van der Waals surface area contributed by atoms with Gasteiger partial charge in [0.05, 0.1) is 7.11 Å². The Hall–Kier alpha value is -3.30. The first-order chi connectivity index (χ1) is 19.5. The maximum absolute atomic E-state index is 13.7. The molecule has 13 heteroatoms. The first-order valence-electron chi connectivity index (χ1n) is 13.7. The second kappa shape index (κ2) is 13.3. The first-order valence-corrected chi connectivity index (χ1v) is 21.6. The van der Waals surface area contributed by atoms with Crippen LogP contribution < -0.4 is 15.1 Å². The summed E-state index contributed by atoms with van der Waals surface area (Å²) in [6, 6.07) is 5.39. The first kappa shape index (κ1) is 33.2. The number of allylic oxidation sites excluding steroid dienone is 3. The number of fused-ring (bicyclic) bond motifs is 1. The molecule has 228 valence electrons. The molecule has 0 saturated carbocycles. The summed E-state index contributed by atoms with van der Waals surface area (Å²) in [5.41, 5.74) is 1.97. The normalized spacial score (nSPS) is 20.0. The summed E-state index contributed by atoms with van der Waals surface area (Å²) in [5, 5.41) is 5.50. The molecule has 0 bridgehead atoms. The monoisotopic (exact) mass is 631 g/mol. The lowest BCUT2D eigenvalue weighted by Crippen LogP contribution is -2.71. The molecule has 3 rings (SSSR count). The molecule has 42 heavy (non-hydrogen) atoms. The zero-order chi connectivity index (χ0) is 31.4. The standard InChI is InChI=1S/C29H41N3O7SSi2/c1-10-11-20-17-40-28-24(27(35)32(28)25(20)29(36)39-42(7,8)9)31-26(34)23(30-18(2)16-22(33)37-3)19-12-14-21(15-13-19)38-41(4,5)6/h10-16,23-24,28,30H,17H2,1-9H3,(H,31,34)/b11-10-,18-16+/t23-,24-,28-/m1/s1. The average molecular weight is 632 g/mol. The number of nitrogens with one attached hydrogen (secondary N) is 2. The Kier molecular flexibility index (Phi) is 10.5. The largest absolute Gasteiger partial charge is 0.544 e. The Morgan fingerprint density at radius 1 is 1.07 bits per heavy atom. The van der Waals surface area contributed by atoms with Gasteiger partial charge in [0.2, 0.25) is 22.5 Å². The van der Waals surface area contributed by atoms with Gasteiger partial charge in [-0.2, -0.15) is 0 Å². The number of benzene rings is 1. The van der Waals surface area contributed by atoms with Crippen LogP contribution in [0.4, 0.5) is 0 Å². The topological polar surface area (TPSA) is 123 Å². The molecule has 0 radical (unpaired) electrons. The molecular weight excluding hydrogens is 591 g/mol.